The van der Waals surface area contributed by atoms with Gasteiger partial charge in [0.05, 0.1) is 17.6 Å². The molecule has 7 nitrogen and oxygen atoms in total. The topological polar surface area (TPSA) is 74.1 Å². The van der Waals surface area contributed by atoms with Crippen molar-refractivity contribution >= 4 is 6.01 Å². The molecule has 1 fully saturated rings. The molecule has 0 unspecified atom stereocenters. The molecule has 5 rings (SSSR count). The second-order valence-corrected chi connectivity index (χ2v) is 7.34. The first-order chi connectivity index (χ1) is 13.3. The van der Waals surface area contributed by atoms with E-state index in [0.29, 0.717) is 11.8 Å². The van der Waals surface area contributed by atoms with Crippen LogP contribution in [0.4, 0.5) is 6.01 Å². The zero-order valence-electron chi connectivity index (χ0n) is 15.6. The number of likely N-dealkylation sites (N-methyl/N-ethyl adjacent to an activating group) is 1. The lowest BCUT2D eigenvalue weighted by Crippen LogP contribution is -2.56. The summed E-state index contributed by atoms with van der Waals surface area (Å²) < 4.78 is 5.57. The number of hydrogen-bond acceptors (Lipinski definition) is 6. The van der Waals surface area contributed by atoms with Crippen LogP contribution in [0.25, 0.3) is 11.4 Å². The van der Waals surface area contributed by atoms with Crippen molar-refractivity contribution in [3.05, 3.63) is 48.0 Å². The summed E-state index contributed by atoms with van der Waals surface area (Å²) in [6.45, 7) is 6.16. The van der Waals surface area contributed by atoms with Gasteiger partial charge in [-0.1, -0.05) is 42.4 Å². The number of hydrogen-bond donors (Lipinski definition) is 1. The van der Waals surface area contributed by atoms with E-state index in [1.54, 1.807) is 0 Å². The molecule has 0 atom stereocenters. The molecule has 3 aromatic rings. The highest BCUT2D eigenvalue weighted by atomic mass is 16.5. The minimum Gasteiger partial charge on any atom is -0.348 e. The zero-order chi connectivity index (χ0) is 18.3. The van der Waals surface area contributed by atoms with E-state index >= 15 is 0 Å². The Kier molecular flexibility index (Phi) is 3.97. The Hall–Kier alpha value is -2.67. The van der Waals surface area contributed by atoms with Gasteiger partial charge in [-0.25, -0.2) is 4.98 Å². The Labute approximate surface area is 158 Å². The van der Waals surface area contributed by atoms with Gasteiger partial charge < -0.3 is 14.4 Å². The molecule has 2 aliphatic rings. The molecule has 0 bridgehead atoms. The second-order valence-electron chi connectivity index (χ2n) is 7.34. The number of imidazole rings is 1. The molecule has 7 heteroatoms. The number of rotatable bonds is 3. The van der Waals surface area contributed by atoms with Crippen LogP contribution in [0.1, 0.15) is 31.2 Å². The minimum absolute atomic E-state index is 0.0289. The largest absolute Gasteiger partial charge is 0.348 e. The lowest BCUT2D eigenvalue weighted by Gasteiger charge is -2.50. The van der Waals surface area contributed by atoms with Crippen molar-refractivity contribution in [3.63, 3.8) is 0 Å². The SMILES string of the molecule is CCN1CCc2[nH]cnc2C12CCN(c1nc(-c3ccccc3)no1)CC2. The molecule has 1 N–H and O–H groups in total. The number of piperidine rings is 1. The molecule has 0 saturated carbocycles. The fraction of sp³-hybridized carbons (Fsp3) is 0.450. The van der Waals surface area contributed by atoms with Crippen molar-refractivity contribution in [2.24, 2.45) is 0 Å². The van der Waals surface area contributed by atoms with E-state index in [2.05, 4.69) is 31.8 Å². The molecular formula is C20H24N6O. The molecule has 2 aliphatic heterocycles. The van der Waals surface area contributed by atoms with Gasteiger partial charge in [0.15, 0.2) is 0 Å². The summed E-state index contributed by atoms with van der Waals surface area (Å²) in [6, 6.07) is 10.6. The van der Waals surface area contributed by atoms with Gasteiger partial charge in [0, 0.05) is 37.3 Å². The summed E-state index contributed by atoms with van der Waals surface area (Å²) >= 11 is 0. The number of aromatic amines is 1. The first kappa shape index (κ1) is 16.5. The van der Waals surface area contributed by atoms with Gasteiger partial charge in [0.1, 0.15) is 0 Å². The molecule has 2 aromatic heterocycles. The minimum atomic E-state index is 0.0289. The number of nitrogens with one attached hydrogen (secondary N) is 1. The van der Waals surface area contributed by atoms with E-state index < -0.39 is 0 Å². The Balaban J connectivity index is 1.37. The Bertz CT molecular complexity index is 909. The first-order valence-corrected chi connectivity index (χ1v) is 9.72. The summed E-state index contributed by atoms with van der Waals surface area (Å²) in [4.78, 5) is 17.5. The fourth-order valence-corrected chi connectivity index (χ4v) is 4.65. The Morgan fingerprint density at radius 1 is 1.15 bits per heavy atom. The molecule has 27 heavy (non-hydrogen) atoms. The monoisotopic (exact) mass is 364 g/mol. The van der Waals surface area contributed by atoms with E-state index in [9.17, 15) is 0 Å². The third kappa shape index (κ3) is 2.65. The van der Waals surface area contributed by atoms with E-state index in [-0.39, 0.29) is 5.54 Å². The number of aromatic nitrogens is 4. The van der Waals surface area contributed by atoms with Gasteiger partial charge >= 0.3 is 6.01 Å². The molecule has 4 heterocycles. The molecular weight excluding hydrogens is 340 g/mol. The highest BCUT2D eigenvalue weighted by Crippen LogP contribution is 2.42. The lowest BCUT2D eigenvalue weighted by molar-refractivity contribution is 0.0487. The molecule has 1 spiro atoms. The van der Waals surface area contributed by atoms with Crippen LogP contribution in [-0.4, -0.2) is 51.2 Å². The van der Waals surface area contributed by atoms with Gasteiger partial charge in [0.2, 0.25) is 5.82 Å². The summed E-state index contributed by atoms with van der Waals surface area (Å²) in [5.74, 6) is 0.647. The van der Waals surface area contributed by atoms with Gasteiger partial charge in [-0.3, -0.25) is 4.90 Å². The van der Waals surface area contributed by atoms with E-state index in [1.165, 1.54) is 11.4 Å². The number of H-pyrrole nitrogens is 1. The van der Waals surface area contributed by atoms with Crippen LogP contribution in [-0.2, 0) is 12.0 Å². The number of nitrogens with zero attached hydrogens (tertiary/aromatic N) is 5. The summed E-state index contributed by atoms with van der Waals surface area (Å²) in [5, 5.41) is 4.17. The average molecular weight is 364 g/mol. The van der Waals surface area contributed by atoms with Crippen LogP contribution in [0.5, 0.6) is 0 Å². The van der Waals surface area contributed by atoms with Gasteiger partial charge in [-0.05, 0) is 19.4 Å². The molecule has 0 amide bonds. The Morgan fingerprint density at radius 3 is 2.74 bits per heavy atom. The normalized spacial score (nSPS) is 19.4. The first-order valence-electron chi connectivity index (χ1n) is 9.72. The fourth-order valence-electron chi connectivity index (χ4n) is 4.65. The van der Waals surface area contributed by atoms with Crippen LogP contribution < -0.4 is 4.90 Å². The third-order valence-electron chi connectivity index (χ3n) is 6.09. The zero-order valence-corrected chi connectivity index (χ0v) is 15.6. The lowest BCUT2D eigenvalue weighted by atomic mass is 9.79. The van der Waals surface area contributed by atoms with Crippen molar-refractivity contribution in [2.45, 2.75) is 31.7 Å². The highest BCUT2D eigenvalue weighted by molar-refractivity contribution is 5.55. The van der Waals surface area contributed by atoms with Crippen molar-refractivity contribution in [3.8, 4) is 11.4 Å². The molecule has 1 saturated heterocycles. The van der Waals surface area contributed by atoms with E-state index in [4.69, 9.17) is 9.51 Å². The maximum absolute atomic E-state index is 5.57. The number of anilines is 1. The maximum Gasteiger partial charge on any atom is 0.324 e. The average Bonchev–Trinajstić information content (AvgIpc) is 3.40. The Morgan fingerprint density at radius 2 is 1.96 bits per heavy atom. The van der Waals surface area contributed by atoms with Crippen molar-refractivity contribution in [1.82, 2.24) is 25.0 Å². The van der Waals surface area contributed by atoms with Crippen molar-refractivity contribution < 1.29 is 4.52 Å². The second kappa shape index (κ2) is 6.49. The molecule has 0 aliphatic carbocycles. The number of fused-ring (bicyclic) bond motifs is 2. The van der Waals surface area contributed by atoms with Gasteiger partial charge in [-0.2, -0.15) is 4.98 Å². The third-order valence-corrected chi connectivity index (χ3v) is 6.09. The van der Waals surface area contributed by atoms with E-state index in [1.807, 2.05) is 36.7 Å². The van der Waals surface area contributed by atoms with Crippen LogP contribution in [0.2, 0.25) is 0 Å². The van der Waals surface area contributed by atoms with Crippen molar-refractivity contribution in [1.29, 1.82) is 0 Å². The van der Waals surface area contributed by atoms with Gasteiger partial charge in [0.25, 0.3) is 0 Å². The van der Waals surface area contributed by atoms with E-state index in [0.717, 1.165) is 51.0 Å². The van der Waals surface area contributed by atoms with Crippen LogP contribution >= 0.6 is 0 Å². The van der Waals surface area contributed by atoms with Crippen LogP contribution in [0.3, 0.4) is 0 Å². The predicted molar refractivity (Wildman–Crippen MR) is 102 cm³/mol. The van der Waals surface area contributed by atoms with Gasteiger partial charge in [-0.15, -0.1) is 0 Å². The summed E-state index contributed by atoms with van der Waals surface area (Å²) in [6.07, 6.45) is 4.93. The molecule has 0 radical (unpaired) electrons. The number of benzene rings is 1. The molecule has 1 aromatic carbocycles. The predicted octanol–water partition coefficient (Wildman–Crippen LogP) is 2.83. The van der Waals surface area contributed by atoms with Crippen LogP contribution in [0.15, 0.2) is 41.2 Å². The standard InChI is InChI=1S/C20H24N6O/c1-2-26-11-8-16-17(22-14-21-16)20(26)9-12-25(13-10-20)19-23-18(24-27-19)15-6-4-3-5-7-15/h3-7,14H,2,8-13H2,1H3,(H,21,22). The maximum atomic E-state index is 5.57. The molecule has 140 valence electrons. The van der Waals surface area contributed by atoms with Crippen LogP contribution in [0, 0.1) is 0 Å². The van der Waals surface area contributed by atoms with Crippen molar-refractivity contribution in [2.75, 3.05) is 31.1 Å². The quantitative estimate of drug-likeness (QED) is 0.770. The summed E-state index contributed by atoms with van der Waals surface area (Å²) in [7, 11) is 0. The summed E-state index contributed by atoms with van der Waals surface area (Å²) in [5.41, 5.74) is 3.55. The smallest absolute Gasteiger partial charge is 0.324 e. The highest BCUT2D eigenvalue weighted by Gasteiger charge is 2.46.